The lowest BCUT2D eigenvalue weighted by Crippen LogP contribution is -2.00. The third-order valence-electron chi connectivity index (χ3n) is 9.52. The van der Waals surface area contributed by atoms with Crippen molar-refractivity contribution in [1.82, 2.24) is 19.9 Å². The minimum atomic E-state index is 0.633. The highest BCUT2D eigenvalue weighted by Crippen LogP contribution is 2.41. The number of nitrogens with zero attached hydrogens (tertiary/aromatic N) is 4. The van der Waals surface area contributed by atoms with Crippen LogP contribution in [-0.4, -0.2) is 19.9 Å². The van der Waals surface area contributed by atoms with E-state index in [-0.39, 0.29) is 0 Å². The molecule has 51 heavy (non-hydrogen) atoms. The van der Waals surface area contributed by atoms with E-state index in [2.05, 4.69) is 97.1 Å². The molecule has 0 radical (unpaired) electrons. The third-order valence-corrected chi connectivity index (χ3v) is 9.52. The largest absolute Gasteiger partial charge is 0.455 e. The van der Waals surface area contributed by atoms with Crippen LogP contribution in [0.1, 0.15) is 0 Å². The summed E-state index contributed by atoms with van der Waals surface area (Å²) in [5, 5.41) is 5.40. The first-order valence-electron chi connectivity index (χ1n) is 17.0. The molecule has 238 valence electrons. The Kier molecular flexibility index (Phi) is 6.74. The average Bonchev–Trinajstić information content (AvgIpc) is 3.59. The molecule has 0 bridgehead atoms. The Morgan fingerprint density at radius 3 is 1.49 bits per heavy atom. The molecule has 0 unspecified atom stereocenters. The summed E-state index contributed by atoms with van der Waals surface area (Å²) < 4.78 is 6.68. The summed E-state index contributed by atoms with van der Waals surface area (Å²) in [6, 6.07) is 58.0. The van der Waals surface area contributed by atoms with Crippen molar-refractivity contribution in [2.24, 2.45) is 0 Å². The van der Waals surface area contributed by atoms with E-state index in [1.165, 1.54) is 0 Å². The number of hydrogen-bond donors (Lipinski definition) is 0. The maximum absolute atomic E-state index is 6.68. The second kappa shape index (κ2) is 11.9. The highest BCUT2D eigenvalue weighted by molar-refractivity contribution is 6.24. The van der Waals surface area contributed by atoms with Gasteiger partial charge in [-0.25, -0.2) is 19.9 Å². The van der Waals surface area contributed by atoms with Gasteiger partial charge in [-0.2, -0.15) is 0 Å². The Bertz CT molecular complexity index is 2830. The molecule has 7 aromatic carbocycles. The van der Waals surface area contributed by atoms with Gasteiger partial charge < -0.3 is 4.42 Å². The van der Waals surface area contributed by atoms with E-state index in [4.69, 9.17) is 24.4 Å². The smallest absolute Gasteiger partial charge is 0.164 e. The van der Waals surface area contributed by atoms with E-state index in [0.29, 0.717) is 17.5 Å². The van der Waals surface area contributed by atoms with Crippen LogP contribution < -0.4 is 0 Å². The number of benzene rings is 7. The van der Waals surface area contributed by atoms with Crippen molar-refractivity contribution in [3.63, 3.8) is 0 Å². The van der Waals surface area contributed by atoms with Crippen LogP contribution in [0.5, 0.6) is 0 Å². The van der Waals surface area contributed by atoms with Crippen molar-refractivity contribution in [3.05, 3.63) is 170 Å². The summed E-state index contributed by atoms with van der Waals surface area (Å²) in [6.45, 7) is 0. The summed E-state index contributed by atoms with van der Waals surface area (Å²) in [7, 11) is 0. The predicted molar refractivity (Wildman–Crippen MR) is 207 cm³/mol. The van der Waals surface area contributed by atoms with Crippen molar-refractivity contribution in [3.8, 4) is 56.5 Å². The number of hydrogen-bond acceptors (Lipinski definition) is 5. The molecule has 10 aromatic rings. The average molecular weight is 653 g/mol. The van der Waals surface area contributed by atoms with Crippen molar-refractivity contribution in [1.29, 1.82) is 0 Å². The van der Waals surface area contributed by atoms with Crippen molar-refractivity contribution in [2.45, 2.75) is 0 Å². The van der Waals surface area contributed by atoms with Gasteiger partial charge >= 0.3 is 0 Å². The fraction of sp³-hybridized carbons (Fsp3) is 0. The van der Waals surface area contributed by atoms with Crippen molar-refractivity contribution in [2.75, 3.05) is 0 Å². The molecule has 5 heteroatoms. The van der Waals surface area contributed by atoms with E-state index in [0.717, 1.165) is 82.7 Å². The summed E-state index contributed by atoms with van der Waals surface area (Å²) >= 11 is 0. The number of furan rings is 1. The molecule has 0 amide bonds. The van der Waals surface area contributed by atoms with Gasteiger partial charge in [-0.3, -0.25) is 0 Å². The zero-order valence-corrected chi connectivity index (χ0v) is 27.4. The molecule has 0 saturated heterocycles. The molecule has 0 spiro atoms. The van der Waals surface area contributed by atoms with Gasteiger partial charge in [-0.1, -0.05) is 146 Å². The number of para-hydroxylation sites is 1. The Labute approximate surface area is 293 Å². The Morgan fingerprint density at radius 1 is 0.333 bits per heavy atom. The fourth-order valence-corrected chi connectivity index (χ4v) is 7.01. The van der Waals surface area contributed by atoms with Crippen molar-refractivity contribution < 1.29 is 4.42 Å². The minimum absolute atomic E-state index is 0.633. The molecule has 0 aliphatic heterocycles. The molecule has 0 fully saturated rings. The molecular formula is C46H28N4O. The van der Waals surface area contributed by atoms with Crippen LogP contribution in [-0.2, 0) is 0 Å². The van der Waals surface area contributed by atoms with Crippen LogP contribution >= 0.6 is 0 Å². The van der Waals surface area contributed by atoms with Gasteiger partial charge in [0.15, 0.2) is 17.5 Å². The number of rotatable bonds is 5. The zero-order chi connectivity index (χ0) is 33.7. The summed E-state index contributed by atoms with van der Waals surface area (Å²) in [5.74, 6) is 1.93. The highest BCUT2D eigenvalue weighted by Gasteiger charge is 2.18. The van der Waals surface area contributed by atoms with Gasteiger partial charge in [0, 0.05) is 49.2 Å². The topological polar surface area (TPSA) is 64.7 Å². The van der Waals surface area contributed by atoms with Crippen LogP contribution in [0.2, 0.25) is 0 Å². The first-order valence-corrected chi connectivity index (χ1v) is 17.0. The molecule has 5 nitrogen and oxygen atoms in total. The normalized spacial score (nSPS) is 11.5. The van der Waals surface area contributed by atoms with Crippen LogP contribution in [0.25, 0.3) is 100 Å². The van der Waals surface area contributed by atoms with E-state index in [1.807, 2.05) is 72.8 Å². The Hall–Kier alpha value is -6.98. The SMILES string of the molecule is c1ccc(-c2nc(-c3ccccc3)nc(-c3ccc(-c4ccc5oc6c(ccc7c(-c8ccccc8)nc8ccccc8c76)c5c4)cc3)n2)cc1. The summed E-state index contributed by atoms with van der Waals surface area (Å²) in [5.41, 5.74) is 9.74. The van der Waals surface area contributed by atoms with Crippen LogP contribution in [0, 0.1) is 0 Å². The second-order valence-electron chi connectivity index (χ2n) is 12.6. The second-order valence-corrected chi connectivity index (χ2v) is 12.6. The summed E-state index contributed by atoms with van der Waals surface area (Å²) in [4.78, 5) is 19.7. The number of fused-ring (bicyclic) bond motifs is 7. The molecule has 0 N–H and O–H groups in total. The van der Waals surface area contributed by atoms with Crippen LogP contribution in [0.15, 0.2) is 174 Å². The lowest BCUT2D eigenvalue weighted by molar-refractivity contribution is 0.673. The molecule has 10 rings (SSSR count). The molecule has 0 aliphatic rings. The van der Waals surface area contributed by atoms with Gasteiger partial charge in [0.2, 0.25) is 0 Å². The minimum Gasteiger partial charge on any atom is -0.455 e. The van der Waals surface area contributed by atoms with E-state index < -0.39 is 0 Å². The van der Waals surface area contributed by atoms with Crippen molar-refractivity contribution >= 4 is 43.6 Å². The lowest BCUT2D eigenvalue weighted by atomic mass is 9.97. The van der Waals surface area contributed by atoms with Gasteiger partial charge in [-0.15, -0.1) is 0 Å². The first kappa shape index (κ1) is 29.0. The number of pyridine rings is 1. The van der Waals surface area contributed by atoms with E-state index in [1.54, 1.807) is 0 Å². The molecule has 3 aromatic heterocycles. The quantitative estimate of drug-likeness (QED) is 0.173. The molecule has 0 saturated carbocycles. The third kappa shape index (κ3) is 5.03. The molecule has 0 aliphatic carbocycles. The van der Waals surface area contributed by atoms with Crippen LogP contribution in [0.4, 0.5) is 0 Å². The molecular weight excluding hydrogens is 625 g/mol. The Balaban J connectivity index is 1.08. The fourth-order valence-electron chi connectivity index (χ4n) is 7.01. The lowest BCUT2D eigenvalue weighted by Gasteiger charge is -2.10. The van der Waals surface area contributed by atoms with Crippen LogP contribution in [0.3, 0.4) is 0 Å². The van der Waals surface area contributed by atoms with Gasteiger partial charge in [0.1, 0.15) is 11.2 Å². The van der Waals surface area contributed by atoms with Gasteiger partial charge in [-0.05, 0) is 35.4 Å². The first-order chi connectivity index (χ1) is 25.3. The zero-order valence-electron chi connectivity index (χ0n) is 27.4. The predicted octanol–water partition coefficient (Wildman–Crippen LogP) is 11.8. The standard InChI is InChI=1S/C46H28N4O/c1-4-12-30(13-5-1)42-37-26-25-35-38-28-34(24-27-40(38)51-43(35)41(37)36-18-10-11-19-39(36)47-42)29-20-22-33(23-21-29)46-49-44(31-14-6-2-7-15-31)48-45(50-46)32-16-8-3-9-17-32/h1-28H. The van der Waals surface area contributed by atoms with E-state index >= 15 is 0 Å². The molecule has 0 atom stereocenters. The van der Waals surface area contributed by atoms with Gasteiger partial charge in [0.05, 0.1) is 11.2 Å². The Morgan fingerprint density at radius 2 is 0.843 bits per heavy atom. The molecule has 3 heterocycles. The highest BCUT2D eigenvalue weighted by atomic mass is 16.3. The van der Waals surface area contributed by atoms with E-state index in [9.17, 15) is 0 Å². The maximum atomic E-state index is 6.68. The monoisotopic (exact) mass is 652 g/mol. The van der Waals surface area contributed by atoms with Gasteiger partial charge in [0.25, 0.3) is 0 Å². The summed E-state index contributed by atoms with van der Waals surface area (Å²) in [6.07, 6.45) is 0. The number of aromatic nitrogens is 4. The maximum Gasteiger partial charge on any atom is 0.164 e.